The number of phenols is 1. The molecule has 0 bridgehead atoms. The SMILES string of the molecule is CC(C)(C)Oc1cc(/C=C/CO)ccc1O. The van der Waals surface area contributed by atoms with Gasteiger partial charge in [0, 0.05) is 0 Å². The number of ether oxygens (including phenoxy) is 1. The molecule has 0 unspecified atom stereocenters. The summed E-state index contributed by atoms with van der Waals surface area (Å²) in [6.07, 6.45) is 3.40. The van der Waals surface area contributed by atoms with E-state index in [4.69, 9.17) is 9.84 Å². The molecule has 1 aromatic carbocycles. The van der Waals surface area contributed by atoms with Crippen LogP contribution in [0.25, 0.3) is 6.08 Å². The minimum atomic E-state index is -0.350. The number of aromatic hydroxyl groups is 1. The Hall–Kier alpha value is -1.48. The summed E-state index contributed by atoms with van der Waals surface area (Å²) >= 11 is 0. The lowest BCUT2D eigenvalue weighted by atomic mass is 10.1. The Balaban J connectivity index is 2.95. The second kappa shape index (κ2) is 5.03. The van der Waals surface area contributed by atoms with Crippen molar-refractivity contribution in [3.05, 3.63) is 29.8 Å². The molecule has 0 atom stereocenters. The van der Waals surface area contributed by atoms with Gasteiger partial charge in [-0.15, -0.1) is 0 Å². The van der Waals surface area contributed by atoms with Crippen molar-refractivity contribution in [2.75, 3.05) is 6.61 Å². The second-order valence-corrected chi connectivity index (χ2v) is 4.53. The van der Waals surface area contributed by atoms with Crippen LogP contribution in [0.1, 0.15) is 26.3 Å². The third-order valence-corrected chi connectivity index (χ3v) is 1.82. The van der Waals surface area contributed by atoms with Crippen LogP contribution in [0.4, 0.5) is 0 Å². The molecule has 3 nitrogen and oxygen atoms in total. The van der Waals surface area contributed by atoms with Crippen molar-refractivity contribution in [3.63, 3.8) is 0 Å². The van der Waals surface area contributed by atoms with Gasteiger partial charge in [-0.05, 0) is 38.5 Å². The first-order chi connectivity index (χ1) is 7.42. The minimum absolute atomic E-state index is 0.00363. The van der Waals surface area contributed by atoms with E-state index in [-0.39, 0.29) is 18.0 Å². The molecule has 0 radical (unpaired) electrons. The van der Waals surface area contributed by atoms with Crippen LogP contribution in [0.15, 0.2) is 24.3 Å². The Bertz CT molecular complexity index is 375. The third kappa shape index (κ3) is 3.95. The number of aliphatic hydroxyl groups excluding tert-OH is 1. The molecule has 2 N–H and O–H groups in total. The zero-order valence-electron chi connectivity index (χ0n) is 9.90. The van der Waals surface area contributed by atoms with Crippen molar-refractivity contribution in [1.82, 2.24) is 0 Å². The molecule has 0 fully saturated rings. The average molecular weight is 222 g/mol. The van der Waals surface area contributed by atoms with Gasteiger partial charge in [0.2, 0.25) is 0 Å². The van der Waals surface area contributed by atoms with Crippen molar-refractivity contribution in [2.45, 2.75) is 26.4 Å². The topological polar surface area (TPSA) is 49.7 Å². The second-order valence-electron chi connectivity index (χ2n) is 4.53. The zero-order chi connectivity index (χ0) is 12.2. The van der Waals surface area contributed by atoms with Crippen molar-refractivity contribution in [2.24, 2.45) is 0 Å². The van der Waals surface area contributed by atoms with Gasteiger partial charge in [-0.2, -0.15) is 0 Å². The smallest absolute Gasteiger partial charge is 0.162 e. The maximum Gasteiger partial charge on any atom is 0.162 e. The van der Waals surface area contributed by atoms with E-state index in [1.165, 1.54) is 0 Å². The summed E-state index contributed by atoms with van der Waals surface area (Å²) in [4.78, 5) is 0. The van der Waals surface area contributed by atoms with E-state index in [1.54, 1.807) is 30.4 Å². The molecule has 0 amide bonds. The Morgan fingerprint density at radius 1 is 1.31 bits per heavy atom. The molecule has 88 valence electrons. The molecule has 0 saturated carbocycles. The van der Waals surface area contributed by atoms with Crippen molar-refractivity contribution < 1.29 is 14.9 Å². The number of phenolic OH excluding ortho intramolecular Hbond substituents is 1. The third-order valence-electron chi connectivity index (χ3n) is 1.82. The molecule has 1 rings (SSSR count). The quantitative estimate of drug-likeness (QED) is 0.826. The number of hydrogen-bond donors (Lipinski definition) is 2. The summed E-state index contributed by atoms with van der Waals surface area (Å²) in [5, 5.41) is 18.3. The van der Waals surface area contributed by atoms with E-state index < -0.39 is 0 Å². The lowest BCUT2D eigenvalue weighted by Gasteiger charge is -2.22. The highest BCUT2D eigenvalue weighted by atomic mass is 16.5. The van der Waals surface area contributed by atoms with Crippen molar-refractivity contribution >= 4 is 6.08 Å². The van der Waals surface area contributed by atoms with Gasteiger partial charge in [-0.1, -0.05) is 18.2 Å². The summed E-state index contributed by atoms with van der Waals surface area (Å²) in [5.41, 5.74) is 0.530. The van der Waals surface area contributed by atoms with Gasteiger partial charge in [0.15, 0.2) is 11.5 Å². The van der Waals surface area contributed by atoms with Gasteiger partial charge in [0.25, 0.3) is 0 Å². The fourth-order valence-electron chi connectivity index (χ4n) is 1.23. The summed E-state index contributed by atoms with van der Waals surface area (Å²) in [7, 11) is 0. The fraction of sp³-hybridized carbons (Fsp3) is 0.385. The van der Waals surface area contributed by atoms with Crippen molar-refractivity contribution in [3.8, 4) is 11.5 Å². The summed E-state index contributed by atoms with van der Waals surface area (Å²) in [5.74, 6) is 0.573. The maximum atomic E-state index is 9.63. The van der Waals surface area contributed by atoms with Crippen LogP contribution in [-0.2, 0) is 0 Å². The van der Waals surface area contributed by atoms with Gasteiger partial charge >= 0.3 is 0 Å². The first-order valence-corrected chi connectivity index (χ1v) is 5.22. The molecule has 0 heterocycles. The number of hydrogen-bond acceptors (Lipinski definition) is 3. The van der Waals surface area contributed by atoms with Gasteiger partial charge in [0.1, 0.15) is 5.60 Å². The molecule has 3 heteroatoms. The van der Waals surface area contributed by atoms with Crippen LogP contribution < -0.4 is 4.74 Å². The lowest BCUT2D eigenvalue weighted by Crippen LogP contribution is -2.23. The number of aliphatic hydroxyl groups is 1. The summed E-state index contributed by atoms with van der Waals surface area (Å²) in [6, 6.07) is 5.09. The summed E-state index contributed by atoms with van der Waals surface area (Å²) < 4.78 is 5.61. The van der Waals surface area contributed by atoms with E-state index in [1.807, 2.05) is 20.8 Å². The molecule has 0 saturated heterocycles. The van der Waals surface area contributed by atoms with Crippen LogP contribution in [0.5, 0.6) is 11.5 Å². The molecular weight excluding hydrogens is 204 g/mol. The van der Waals surface area contributed by atoms with Gasteiger partial charge in [-0.3, -0.25) is 0 Å². The monoisotopic (exact) mass is 222 g/mol. The predicted octanol–water partition coefficient (Wildman–Crippen LogP) is 2.58. The highest BCUT2D eigenvalue weighted by molar-refractivity contribution is 5.55. The molecule has 0 aliphatic carbocycles. The Kier molecular flexibility index (Phi) is 3.96. The Morgan fingerprint density at radius 3 is 2.56 bits per heavy atom. The van der Waals surface area contributed by atoms with Crippen LogP contribution in [0, 0.1) is 0 Å². The molecule has 0 aromatic heterocycles. The van der Waals surface area contributed by atoms with Gasteiger partial charge < -0.3 is 14.9 Å². The van der Waals surface area contributed by atoms with Gasteiger partial charge in [0.05, 0.1) is 6.61 Å². The molecule has 0 aliphatic heterocycles. The van der Waals surface area contributed by atoms with E-state index in [2.05, 4.69) is 0 Å². The standard InChI is InChI=1S/C13H18O3/c1-13(2,3)16-12-9-10(5-4-8-14)6-7-11(12)15/h4-7,9,14-15H,8H2,1-3H3/b5-4+. The zero-order valence-corrected chi connectivity index (χ0v) is 9.90. The normalized spacial score (nSPS) is 12.0. The lowest BCUT2D eigenvalue weighted by molar-refractivity contribution is 0.126. The average Bonchev–Trinajstić information content (AvgIpc) is 2.17. The Labute approximate surface area is 96.0 Å². The van der Waals surface area contributed by atoms with E-state index in [0.29, 0.717) is 5.75 Å². The molecule has 0 aliphatic rings. The molecule has 16 heavy (non-hydrogen) atoms. The fourth-order valence-corrected chi connectivity index (χ4v) is 1.23. The van der Waals surface area contributed by atoms with Crippen LogP contribution in [0.2, 0.25) is 0 Å². The molecule has 0 spiro atoms. The van der Waals surface area contributed by atoms with Crippen LogP contribution in [0.3, 0.4) is 0 Å². The molecular formula is C13H18O3. The number of rotatable bonds is 3. The largest absolute Gasteiger partial charge is 0.504 e. The predicted molar refractivity (Wildman–Crippen MR) is 64.6 cm³/mol. The maximum absolute atomic E-state index is 9.63. The molecule has 1 aromatic rings. The highest BCUT2D eigenvalue weighted by Crippen LogP contribution is 2.30. The van der Waals surface area contributed by atoms with E-state index in [9.17, 15) is 5.11 Å². The first kappa shape index (κ1) is 12.6. The Morgan fingerprint density at radius 2 is 2.00 bits per heavy atom. The minimum Gasteiger partial charge on any atom is -0.504 e. The van der Waals surface area contributed by atoms with Gasteiger partial charge in [-0.25, -0.2) is 0 Å². The van der Waals surface area contributed by atoms with E-state index in [0.717, 1.165) is 5.56 Å². The number of benzene rings is 1. The van der Waals surface area contributed by atoms with Crippen LogP contribution >= 0.6 is 0 Å². The van der Waals surface area contributed by atoms with Crippen LogP contribution in [-0.4, -0.2) is 22.4 Å². The first-order valence-electron chi connectivity index (χ1n) is 5.22. The van der Waals surface area contributed by atoms with Crippen molar-refractivity contribution in [1.29, 1.82) is 0 Å². The summed E-state index contributed by atoms with van der Waals surface area (Å²) in [6.45, 7) is 5.75. The highest BCUT2D eigenvalue weighted by Gasteiger charge is 2.14. The van der Waals surface area contributed by atoms with E-state index >= 15 is 0 Å².